The van der Waals surface area contributed by atoms with Crippen LogP contribution in [-0.2, 0) is 4.74 Å². The van der Waals surface area contributed by atoms with Crippen molar-refractivity contribution < 1.29 is 14.3 Å². The van der Waals surface area contributed by atoms with Crippen LogP contribution in [0.1, 0.15) is 20.3 Å². The number of carbonyl (C=O) groups is 2. The summed E-state index contributed by atoms with van der Waals surface area (Å²) in [6.07, 6.45) is 5.12. The van der Waals surface area contributed by atoms with Gasteiger partial charge < -0.3 is 19.9 Å². The van der Waals surface area contributed by atoms with E-state index >= 15 is 0 Å². The highest BCUT2D eigenvalue weighted by molar-refractivity contribution is 6.33. The maximum absolute atomic E-state index is 12.7. The molecule has 1 aliphatic heterocycles. The van der Waals surface area contributed by atoms with E-state index in [9.17, 15) is 9.59 Å². The molecule has 34 heavy (non-hydrogen) atoms. The number of nitrogens with zero attached hydrogens (tertiary/aromatic N) is 5. The molecule has 1 unspecified atom stereocenters. The number of imidazole rings is 1. The first kappa shape index (κ1) is 23.8. The molecule has 4 rings (SSSR count). The third-order valence-corrected chi connectivity index (χ3v) is 5.90. The van der Waals surface area contributed by atoms with E-state index in [2.05, 4.69) is 25.5 Å². The average molecular weight is 486 g/mol. The summed E-state index contributed by atoms with van der Waals surface area (Å²) in [5.41, 5.74) is 2.34. The molecule has 11 heteroatoms. The fourth-order valence-electron chi connectivity index (χ4n) is 3.79. The summed E-state index contributed by atoms with van der Waals surface area (Å²) in [5.74, 6) is 0.440. The van der Waals surface area contributed by atoms with Crippen LogP contribution >= 0.6 is 11.6 Å². The van der Waals surface area contributed by atoms with Crippen LogP contribution in [0.15, 0.2) is 36.8 Å². The quantitative estimate of drug-likeness (QED) is 0.562. The molecule has 1 aliphatic rings. The van der Waals surface area contributed by atoms with Crippen molar-refractivity contribution in [2.24, 2.45) is 0 Å². The van der Waals surface area contributed by atoms with Crippen molar-refractivity contribution >= 4 is 40.9 Å². The number of aromatic nitrogens is 3. The van der Waals surface area contributed by atoms with E-state index in [1.54, 1.807) is 48.8 Å². The van der Waals surface area contributed by atoms with Crippen LogP contribution in [0.2, 0.25) is 5.02 Å². The Morgan fingerprint density at radius 3 is 2.71 bits per heavy atom. The number of anilines is 2. The normalized spacial score (nSPS) is 15.9. The predicted molar refractivity (Wildman–Crippen MR) is 131 cm³/mol. The molecule has 0 spiro atoms. The van der Waals surface area contributed by atoms with Crippen LogP contribution in [0.25, 0.3) is 17.0 Å². The summed E-state index contributed by atoms with van der Waals surface area (Å²) in [6.45, 7) is 4.96. The first-order valence-corrected chi connectivity index (χ1v) is 11.4. The van der Waals surface area contributed by atoms with Gasteiger partial charge in [-0.3, -0.25) is 9.72 Å². The first-order chi connectivity index (χ1) is 16.2. The average Bonchev–Trinajstić information content (AvgIpc) is 3.41. The second kappa shape index (κ2) is 9.86. The van der Waals surface area contributed by atoms with Gasteiger partial charge in [0, 0.05) is 42.8 Å². The third kappa shape index (κ3) is 5.40. The van der Waals surface area contributed by atoms with E-state index in [-0.39, 0.29) is 12.1 Å². The number of fused-ring (bicyclic) bond motifs is 1. The Bertz CT molecular complexity index is 1210. The minimum absolute atomic E-state index is 0.140. The molecule has 1 aromatic carbocycles. The van der Waals surface area contributed by atoms with Crippen LogP contribution in [0.5, 0.6) is 0 Å². The molecule has 3 amide bonds. The number of ether oxygens (including phenoxy) is 1. The third-order valence-electron chi connectivity index (χ3n) is 5.57. The lowest BCUT2D eigenvalue weighted by molar-refractivity contribution is 0.130. The van der Waals surface area contributed by atoms with Gasteiger partial charge in [0.15, 0.2) is 0 Å². The van der Waals surface area contributed by atoms with E-state index in [4.69, 9.17) is 16.3 Å². The fraction of sp³-hybridized carbons (Fsp3) is 0.391. The zero-order valence-corrected chi connectivity index (χ0v) is 20.3. The lowest BCUT2D eigenvalue weighted by Crippen LogP contribution is -2.36. The molecular formula is C23H28ClN7O3. The number of likely N-dealkylation sites (tertiary alicyclic amines) is 1. The molecule has 2 N–H and O–H groups in total. The molecule has 1 fully saturated rings. The van der Waals surface area contributed by atoms with Crippen molar-refractivity contribution in [2.75, 3.05) is 37.8 Å². The van der Waals surface area contributed by atoms with Gasteiger partial charge in [-0.2, -0.15) is 0 Å². The summed E-state index contributed by atoms with van der Waals surface area (Å²) in [4.78, 5) is 37.4. The Morgan fingerprint density at radius 1 is 1.21 bits per heavy atom. The standard InChI is InChI=1S/C23H28ClN7O3/c1-14(2)34-23(33)27-16-10-25-21-28-20(13-31(21)11-16)18-9-15(5-6-19(18)24)26-22(32)30-8-7-17(12-30)29(3)4/h5-6,9-11,13-14,17H,7-8,12H2,1-4H3,(H,26,32)(H,27,33). The Hall–Kier alpha value is -3.37. The van der Waals surface area contributed by atoms with Crippen molar-refractivity contribution in [1.29, 1.82) is 0 Å². The van der Waals surface area contributed by atoms with Crippen LogP contribution in [-0.4, -0.2) is 75.6 Å². The van der Waals surface area contributed by atoms with Crippen molar-refractivity contribution in [3.05, 3.63) is 41.8 Å². The summed E-state index contributed by atoms with van der Waals surface area (Å²) in [5, 5.41) is 6.09. The lowest BCUT2D eigenvalue weighted by atomic mass is 10.1. The highest BCUT2D eigenvalue weighted by Crippen LogP contribution is 2.30. The number of hydrogen-bond donors (Lipinski definition) is 2. The number of hydrogen-bond acceptors (Lipinski definition) is 6. The van der Waals surface area contributed by atoms with Crippen molar-refractivity contribution in [2.45, 2.75) is 32.4 Å². The van der Waals surface area contributed by atoms with Gasteiger partial charge >= 0.3 is 12.1 Å². The molecule has 1 atom stereocenters. The number of likely N-dealkylation sites (N-methyl/N-ethyl adjacent to an activating group) is 1. The minimum atomic E-state index is -0.558. The molecule has 0 radical (unpaired) electrons. The zero-order chi connectivity index (χ0) is 24.4. The summed E-state index contributed by atoms with van der Waals surface area (Å²) < 4.78 is 6.78. The number of amides is 3. The van der Waals surface area contributed by atoms with Crippen molar-refractivity contribution in [3.63, 3.8) is 0 Å². The fourth-order valence-corrected chi connectivity index (χ4v) is 4.00. The van der Waals surface area contributed by atoms with Gasteiger partial charge in [0.25, 0.3) is 0 Å². The van der Waals surface area contributed by atoms with E-state index < -0.39 is 6.09 Å². The van der Waals surface area contributed by atoms with Gasteiger partial charge in [0.2, 0.25) is 5.78 Å². The van der Waals surface area contributed by atoms with Crippen molar-refractivity contribution in [3.8, 4) is 11.3 Å². The van der Waals surface area contributed by atoms with E-state index in [0.29, 0.717) is 52.6 Å². The first-order valence-electron chi connectivity index (χ1n) is 11.0. The molecule has 0 saturated carbocycles. The molecule has 3 aromatic rings. The number of rotatable bonds is 5. The smallest absolute Gasteiger partial charge is 0.411 e. The van der Waals surface area contributed by atoms with Crippen LogP contribution in [0, 0.1) is 0 Å². The SMILES string of the molecule is CC(C)OC(=O)Nc1cnc2nc(-c3cc(NC(=O)N4CCC(N(C)C)C4)ccc3Cl)cn2c1. The Labute approximate surface area is 202 Å². The number of nitrogens with one attached hydrogen (secondary N) is 2. The molecule has 3 heterocycles. The highest BCUT2D eigenvalue weighted by Gasteiger charge is 2.27. The molecule has 10 nitrogen and oxygen atoms in total. The molecule has 180 valence electrons. The van der Waals surface area contributed by atoms with Crippen LogP contribution in [0.4, 0.5) is 21.0 Å². The van der Waals surface area contributed by atoms with E-state index in [1.165, 1.54) is 6.20 Å². The summed E-state index contributed by atoms with van der Waals surface area (Å²) in [6, 6.07) is 5.51. The topological polar surface area (TPSA) is 104 Å². The van der Waals surface area contributed by atoms with E-state index in [1.807, 2.05) is 19.0 Å². The molecule has 0 bridgehead atoms. The van der Waals surface area contributed by atoms with Crippen molar-refractivity contribution in [1.82, 2.24) is 24.2 Å². The van der Waals surface area contributed by atoms with Gasteiger partial charge in [-0.25, -0.2) is 19.6 Å². The summed E-state index contributed by atoms with van der Waals surface area (Å²) >= 11 is 6.45. The molecule has 2 aromatic heterocycles. The molecule has 1 saturated heterocycles. The Kier molecular flexibility index (Phi) is 6.90. The van der Waals surface area contributed by atoms with Gasteiger partial charge in [-0.15, -0.1) is 0 Å². The monoisotopic (exact) mass is 485 g/mol. The van der Waals surface area contributed by atoms with Gasteiger partial charge in [-0.1, -0.05) is 11.6 Å². The minimum Gasteiger partial charge on any atom is -0.447 e. The van der Waals surface area contributed by atoms with E-state index in [0.717, 1.165) is 6.42 Å². The maximum Gasteiger partial charge on any atom is 0.411 e. The maximum atomic E-state index is 12.7. The van der Waals surface area contributed by atoms with Gasteiger partial charge in [0.05, 0.1) is 28.7 Å². The molecular weight excluding hydrogens is 458 g/mol. The largest absolute Gasteiger partial charge is 0.447 e. The Morgan fingerprint density at radius 2 is 2.00 bits per heavy atom. The number of halogens is 1. The molecule has 0 aliphatic carbocycles. The number of carbonyl (C=O) groups excluding carboxylic acids is 2. The second-order valence-corrected chi connectivity index (χ2v) is 9.14. The highest BCUT2D eigenvalue weighted by atomic mass is 35.5. The predicted octanol–water partition coefficient (Wildman–Crippen LogP) is 4.17. The zero-order valence-electron chi connectivity index (χ0n) is 19.6. The number of urea groups is 1. The van der Waals surface area contributed by atoms with Crippen LogP contribution < -0.4 is 10.6 Å². The second-order valence-electron chi connectivity index (χ2n) is 8.73. The Balaban J connectivity index is 1.51. The van der Waals surface area contributed by atoms with Gasteiger partial charge in [-0.05, 0) is 52.6 Å². The van der Waals surface area contributed by atoms with Crippen LogP contribution in [0.3, 0.4) is 0 Å². The van der Waals surface area contributed by atoms with Gasteiger partial charge in [0.1, 0.15) is 0 Å². The summed E-state index contributed by atoms with van der Waals surface area (Å²) in [7, 11) is 4.05. The lowest BCUT2D eigenvalue weighted by Gasteiger charge is -2.21. The number of benzene rings is 1.